The summed E-state index contributed by atoms with van der Waals surface area (Å²) in [5.74, 6) is 0.582. The average Bonchev–Trinajstić information content (AvgIpc) is 2.53. The van der Waals surface area contributed by atoms with Crippen LogP contribution >= 0.6 is 0 Å². The summed E-state index contributed by atoms with van der Waals surface area (Å²) in [5, 5.41) is 10.5. The van der Waals surface area contributed by atoms with Crippen molar-refractivity contribution >= 4 is 0 Å². The fraction of sp³-hybridized carbons (Fsp3) is 0.357. The van der Waals surface area contributed by atoms with Crippen molar-refractivity contribution < 1.29 is 14.6 Å². The molecule has 0 saturated heterocycles. The fourth-order valence-corrected chi connectivity index (χ4v) is 1.95. The first-order valence-corrected chi connectivity index (χ1v) is 6.27. The molecule has 2 aromatic heterocycles. The third kappa shape index (κ3) is 2.70. The number of aliphatic hydroxyl groups excluding tert-OH is 1. The predicted octanol–water partition coefficient (Wildman–Crippen LogP) is 1.53. The second-order valence-electron chi connectivity index (χ2n) is 4.14. The van der Waals surface area contributed by atoms with Crippen LogP contribution in [0.25, 0.3) is 0 Å². The maximum atomic E-state index is 10.5. The molecule has 0 aromatic carbocycles. The molecular formula is C14H17N3O3. The quantitative estimate of drug-likeness (QED) is 0.891. The van der Waals surface area contributed by atoms with Crippen LogP contribution in [0.2, 0.25) is 0 Å². The highest BCUT2D eigenvalue weighted by Crippen LogP contribution is 2.29. The summed E-state index contributed by atoms with van der Waals surface area (Å²) in [7, 11) is 2.98. The standard InChI is InChI=1S/C14H17N3O3/c1-4-9-7-15-6-5-10(9)13(18)12-14(20-3)17-11(19-2)8-16-12/h5-8,13,18H,4H2,1-3H3. The van der Waals surface area contributed by atoms with E-state index >= 15 is 0 Å². The maximum absolute atomic E-state index is 10.5. The Hall–Kier alpha value is -2.21. The molecule has 0 amide bonds. The first kappa shape index (κ1) is 14.2. The Morgan fingerprint density at radius 2 is 2.05 bits per heavy atom. The third-order valence-corrected chi connectivity index (χ3v) is 3.02. The maximum Gasteiger partial charge on any atom is 0.241 e. The summed E-state index contributed by atoms with van der Waals surface area (Å²) in [5.41, 5.74) is 2.06. The molecule has 0 bridgehead atoms. The molecule has 6 heteroatoms. The number of methoxy groups -OCH3 is 2. The van der Waals surface area contributed by atoms with Crippen LogP contribution in [-0.2, 0) is 6.42 Å². The zero-order valence-electron chi connectivity index (χ0n) is 11.7. The molecule has 2 rings (SSSR count). The van der Waals surface area contributed by atoms with E-state index in [-0.39, 0.29) is 5.88 Å². The van der Waals surface area contributed by atoms with E-state index in [1.54, 1.807) is 18.5 Å². The van der Waals surface area contributed by atoms with Gasteiger partial charge in [0.15, 0.2) is 0 Å². The molecule has 0 aliphatic rings. The van der Waals surface area contributed by atoms with Crippen molar-refractivity contribution in [2.24, 2.45) is 0 Å². The van der Waals surface area contributed by atoms with E-state index in [9.17, 15) is 5.11 Å². The number of rotatable bonds is 5. The van der Waals surface area contributed by atoms with Crippen LogP contribution in [0.4, 0.5) is 0 Å². The molecular weight excluding hydrogens is 258 g/mol. The SMILES string of the molecule is CCc1cnccc1C(O)c1ncc(OC)nc1OC. The van der Waals surface area contributed by atoms with Crippen LogP contribution in [0.15, 0.2) is 24.7 Å². The first-order valence-electron chi connectivity index (χ1n) is 6.27. The van der Waals surface area contributed by atoms with Crippen molar-refractivity contribution in [2.45, 2.75) is 19.4 Å². The average molecular weight is 275 g/mol. The van der Waals surface area contributed by atoms with Crippen molar-refractivity contribution in [3.8, 4) is 11.8 Å². The van der Waals surface area contributed by atoms with Crippen LogP contribution in [0.1, 0.15) is 29.8 Å². The summed E-state index contributed by atoms with van der Waals surface area (Å²) in [6, 6.07) is 1.77. The van der Waals surface area contributed by atoms with Gasteiger partial charge in [-0.2, -0.15) is 4.98 Å². The van der Waals surface area contributed by atoms with E-state index in [0.717, 1.165) is 17.5 Å². The topological polar surface area (TPSA) is 77.4 Å². The van der Waals surface area contributed by atoms with Gasteiger partial charge in [-0.05, 0) is 23.6 Å². The number of aliphatic hydroxyl groups is 1. The van der Waals surface area contributed by atoms with Crippen LogP contribution in [0.5, 0.6) is 11.8 Å². The van der Waals surface area contributed by atoms with Gasteiger partial charge in [-0.15, -0.1) is 0 Å². The lowest BCUT2D eigenvalue weighted by Crippen LogP contribution is -2.09. The molecule has 20 heavy (non-hydrogen) atoms. The van der Waals surface area contributed by atoms with E-state index in [4.69, 9.17) is 9.47 Å². The van der Waals surface area contributed by atoms with Crippen molar-refractivity contribution in [3.63, 3.8) is 0 Å². The highest BCUT2D eigenvalue weighted by atomic mass is 16.5. The Balaban J connectivity index is 2.45. The van der Waals surface area contributed by atoms with Gasteiger partial charge >= 0.3 is 0 Å². The first-order chi connectivity index (χ1) is 9.71. The van der Waals surface area contributed by atoms with Crippen LogP contribution in [0.3, 0.4) is 0 Å². The molecule has 0 radical (unpaired) electrons. The minimum absolute atomic E-state index is 0.246. The van der Waals surface area contributed by atoms with Gasteiger partial charge in [0, 0.05) is 12.4 Å². The number of nitrogens with zero attached hydrogens (tertiary/aromatic N) is 3. The van der Waals surface area contributed by atoms with Gasteiger partial charge in [-0.25, -0.2) is 4.98 Å². The smallest absolute Gasteiger partial charge is 0.241 e. The summed E-state index contributed by atoms with van der Waals surface area (Å²) in [4.78, 5) is 12.4. The minimum Gasteiger partial charge on any atom is -0.480 e. The summed E-state index contributed by atoms with van der Waals surface area (Å²) >= 11 is 0. The Bertz CT molecular complexity index is 590. The van der Waals surface area contributed by atoms with E-state index in [1.165, 1.54) is 20.4 Å². The largest absolute Gasteiger partial charge is 0.480 e. The van der Waals surface area contributed by atoms with Crippen LogP contribution in [-0.4, -0.2) is 34.3 Å². The van der Waals surface area contributed by atoms with Gasteiger partial charge in [-0.1, -0.05) is 6.92 Å². The molecule has 1 unspecified atom stereocenters. The second kappa shape index (κ2) is 6.29. The molecule has 0 aliphatic carbocycles. The molecule has 0 spiro atoms. The van der Waals surface area contributed by atoms with E-state index in [2.05, 4.69) is 15.0 Å². The number of pyridine rings is 1. The molecule has 0 aliphatic heterocycles. The van der Waals surface area contributed by atoms with Gasteiger partial charge < -0.3 is 14.6 Å². The van der Waals surface area contributed by atoms with Gasteiger partial charge in [-0.3, -0.25) is 4.98 Å². The van der Waals surface area contributed by atoms with E-state index in [1.807, 2.05) is 6.92 Å². The highest BCUT2D eigenvalue weighted by molar-refractivity contribution is 5.35. The normalized spacial score (nSPS) is 12.0. The lowest BCUT2D eigenvalue weighted by Gasteiger charge is -2.16. The number of hydrogen-bond donors (Lipinski definition) is 1. The number of aromatic nitrogens is 3. The predicted molar refractivity (Wildman–Crippen MR) is 72.8 cm³/mol. The molecule has 1 N–H and O–H groups in total. The highest BCUT2D eigenvalue weighted by Gasteiger charge is 2.21. The van der Waals surface area contributed by atoms with Crippen LogP contribution < -0.4 is 9.47 Å². The molecule has 106 valence electrons. The third-order valence-electron chi connectivity index (χ3n) is 3.02. The van der Waals surface area contributed by atoms with Gasteiger partial charge in [0.05, 0.1) is 20.4 Å². The van der Waals surface area contributed by atoms with Crippen molar-refractivity contribution in [3.05, 3.63) is 41.5 Å². The molecule has 2 aromatic rings. The Kier molecular flexibility index (Phi) is 4.47. The van der Waals surface area contributed by atoms with Gasteiger partial charge in [0.25, 0.3) is 0 Å². The van der Waals surface area contributed by atoms with Gasteiger partial charge in [0.1, 0.15) is 11.8 Å². The van der Waals surface area contributed by atoms with E-state index in [0.29, 0.717) is 11.6 Å². The summed E-state index contributed by atoms with van der Waals surface area (Å²) < 4.78 is 10.2. The van der Waals surface area contributed by atoms with Crippen molar-refractivity contribution in [1.82, 2.24) is 15.0 Å². The molecule has 0 saturated carbocycles. The zero-order valence-corrected chi connectivity index (χ0v) is 11.7. The van der Waals surface area contributed by atoms with Gasteiger partial charge in [0.2, 0.25) is 11.8 Å². The lowest BCUT2D eigenvalue weighted by molar-refractivity contribution is 0.205. The Morgan fingerprint density at radius 1 is 1.25 bits per heavy atom. The lowest BCUT2D eigenvalue weighted by atomic mass is 10.0. The molecule has 0 fully saturated rings. The number of hydrogen-bond acceptors (Lipinski definition) is 6. The zero-order chi connectivity index (χ0) is 14.5. The monoisotopic (exact) mass is 275 g/mol. The summed E-state index contributed by atoms with van der Waals surface area (Å²) in [6.07, 6.45) is 4.68. The second-order valence-corrected chi connectivity index (χ2v) is 4.14. The van der Waals surface area contributed by atoms with Crippen molar-refractivity contribution in [2.75, 3.05) is 14.2 Å². The fourth-order valence-electron chi connectivity index (χ4n) is 1.95. The molecule has 1 atom stereocenters. The Labute approximate surface area is 117 Å². The molecule has 2 heterocycles. The molecule has 6 nitrogen and oxygen atoms in total. The van der Waals surface area contributed by atoms with E-state index < -0.39 is 6.10 Å². The van der Waals surface area contributed by atoms with Crippen LogP contribution in [0, 0.1) is 0 Å². The number of ether oxygens (including phenoxy) is 2. The minimum atomic E-state index is -0.915. The summed E-state index contributed by atoms with van der Waals surface area (Å²) in [6.45, 7) is 2.00. The van der Waals surface area contributed by atoms with Crippen molar-refractivity contribution in [1.29, 1.82) is 0 Å². The number of aryl methyl sites for hydroxylation is 1. The Morgan fingerprint density at radius 3 is 2.70 bits per heavy atom.